The van der Waals surface area contributed by atoms with Crippen molar-refractivity contribution in [3.63, 3.8) is 0 Å². The molecule has 0 spiro atoms. The van der Waals surface area contributed by atoms with Gasteiger partial charge in [-0.15, -0.1) is 0 Å². The summed E-state index contributed by atoms with van der Waals surface area (Å²) in [6, 6.07) is 8.20. The topological polar surface area (TPSA) is 26.0 Å². The molecule has 2 N–H and O–H groups in total. The second kappa shape index (κ2) is 3.49. The molecule has 2 heteroatoms. The van der Waals surface area contributed by atoms with Crippen LogP contribution in [-0.4, -0.2) is 0 Å². The van der Waals surface area contributed by atoms with Gasteiger partial charge in [0.1, 0.15) is 0 Å². The Labute approximate surface area is 71.3 Å². The van der Waals surface area contributed by atoms with Crippen molar-refractivity contribution in [3.05, 3.63) is 41.4 Å². The Morgan fingerprint density at radius 1 is 1.36 bits per heavy atom. The van der Waals surface area contributed by atoms with Gasteiger partial charge in [0.25, 0.3) is 0 Å². The lowest BCUT2D eigenvalue weighted by Crippen LogP contribution is -1.87. The first kappa shape index (κ1) is 8.21. The molecule has 58 valence electrons. The van der Waals surface area contributed by atoms with E-state index in [9.17, 15) is 0 Å². The molecule has 0 radical (unpaired) electrons. The summed E-state index contributed by atoms with van der Waals surface area (Å²) in [6.07, 6.45) is 0. The Kier molecular flexibility index (Phi) is 2.60. The van der Waals surface area contributed by atoms with Gasteiger partial charge in [-0.25, -0.2) is 0 Å². The van der Waals surface area contributed by atoms with Crippen LogP contribution in [0.25, 0.3) is 0 Å². The summed E-state index contributed by atoms with van der Waals surface area (Å²) in [4.78, 5) is 1.14. The van der Waals surface area contributed by atoms with Gasteiger partial charge in [-0.05, 0) is 19.1 Å². The molecule has 0 aliphatic carbocycles. The zero-order valence-corrected chi connectivity index (χ0v) is 7.32. The van der Waals surface area contributed by atoms with Gasteiger partial charge in [0.05, 0.1) is 5.03 Å². The molecule has 0 aromatic heterocycles. The van der Waals surface area contributed by atoms with Gasteiger partial charge in [-0.1, -0.05) is 36.0 Å². The SMILES string of the molecule is C=C(N)Sc1ccc(C)cc1. The molecular formula is C9H11NS. The summed E-state index contributed by atoms with van der Waals surface area (Å²) in [6.45, 7) is 5.67. The van der Waals surface area contributed by atoms with E-state index in [0.29, 0.717) is 5.03 Å². The number of hydrogen-bond donors (Lipinski definition) is 1. The number of aryl methyl sites for hydroxylation is 1. The van der Waals surface area contributed by atoms with E-state index in [1.165, 1.54) is 17.3 Å². The molecule has 1 aromatic carbocycles. The largest absolute Gasteiger partial charge is 0.394 e. The average molecular weight is 165 g/mol. The van der Waals surface area contributed by atoms with Gasteiger partial charge < -0.3 is 5.73 Å². The first-order chi connectivity index (χ1) is 5.18. The maximum absolute atomic E-state index is 5.43. The Balaban J connectivity index is 2.74. The molecule has 1 rings (SSSR count). The van der Waals surface area contributed by atoms with Gasteiger partial charge in [-0.2, -0.15) is 0 Å². The maximum Gasteiger partial charge on any atom is 0.0630 e. The molecule has 1 aromatic rings. The fourth-order valence-electron chi connectivity index (χ4n) is 0.758. The summed E-state index contributed by atoms with van der Waals surface area (Å²) < 4.78 is 0. The lowest BCUT2D eigenvalue weighted by molar-refractivity contribution is 1.38. The van der Waals surface area contributed by atoms with Crippen LogP contribution >= 0.6 is 11.8 Å². The fourth-order valence-corrected chi connectivity index (χ4v) is 1.33. The summed E-state index contributed by atoms with van der Waals surface area (Å²) in [5.41, 5.74) is 6.69. The van der Waals surface area contributed by atoms with Gasteiger partial charge in [0.2, 0.25) is 0 Å². The van der Waals surface area contributed by atoms with E-state index in [2.05, 4.69) is 25.6 Å². The minimum Gasteiger partial charge on any atom is -0.394 e. The molecule has 11 heavy (non-hydrogen) atoms. The normalized spacial score (nSPS) is 9.55. The third-order valence-electron chi connectivity index (χ3n) is 1.27. The van der Waals surface area contributed by atoms with E-state index in [-0.39, 0.29) is 0 Å². The highest BCUT2D eigenvalue weighted by molar-refractivity contribution is 8.03. The minimum atomic E-state index is 0.633. The Bertz CT molecular complexity index is 251. The molecular weight excluding hydrogens is 154 g/mol. The van der Waals surface area contributed by atoms with Crippen molar-refractivity contribution in [1.29, 1.82) is 0 Å². The van der Waals surface area contributed by atoms with E-state index in [1.807, 2.05) is 12.1 Å². The Morgan fingerprint density at radius 2 is 1.91 bits per heavy atom. The molecule has 0 saturated carbocycles. The molecule has 0 saturated heterocycles. The third-order valence-corrected chi connectivity index (χ3v) is 2.04. The molecule has 0 bridgehead atoms. The second-order valence-electron chi connectivity index (χ2n) is 2.38. The molecule has 0 aliphatic rings. The zero-order chi connectivity index (χ0) is 8.27. The van der Waals surface area contributed by atoms with Crippen LogP contribution in [0.2, 0.25) is 0 Å². The average Bonchev–Trinajstić information content (AvgIpc) is 1.93. The number of nitrogens with two attached hydrogens (primary N) is 1. The van der Waals surface area contributed by atoms with Crippen LogP contribution in [0.3, 0.4) is 0 Å². The lowest BCUT2D eigenvalue weighted by atomic mass is 10.2. The summed E-state index contributed by atoms with van der Waals surface area (Å²) in [5.74, 6) is 0. The molecule has 1 nitrogen and oxygen atoms in total. The fraction of sp³-hybridized carbons (Fsp3) is 0.111. The summed E-state index contributed by atoms with van der Waals surface area (Å²) in [5, 5.41) is 0.633. The van der Waals surface area contributed by atoms with E-state index in [4.69, 9.17) is 5.73 Å². The number of hydrogen-bond acceptors (Lipinski definition) is 2. The smallest absolute Gasteiger partial charge is 0.0630 e. The van der Waals surface area contributed by atoms with Crippen LogP contribution < -0.4 is 5.73 Å². The van der Waals surface area contributed by atoms with Crippen molar-refractivity contribution in [1.82, 2.24) is 0 Å². The third kappa shape index (κ3) is 2.68. The van der Waals surface area contributed by atoms with Crippen LogP contribution in [0.1, 0.15) is 5.56 Å². The summed E-state index contributed by atoms with van der Waals surface area (Å²) >= 11 is 1.49. The highest BCUT2D eigenvalue weighted by atomic mass is 32.2. The summed E-state index contributed by atoms with van der Waals surface area (Å²) in [7, 11) is 0. The quantitative estimate of drug-likeness (QED) is 0.681. The van der Waals surface area contributed by atoms with E-state index in [1.54, 1.807) is 0 Å². The van der Waals surface area contributed by atoms with Crippen LogP contribution in [0.4, 0.5) is 0 Å². The van der Waals surface area contributed by atoms with Gasteiger partial charge in [0.15, 0.2) is 0 Å². The predicted molar refractivity (Wildman–Crippen MR) is 50.4 cm³/mol. The molecule has 0 fully saturated rings. The van der Waals surface area contributed by atoms with Crippen molar-refractivity contribution in [2.45, 2.75) is 11.8 Å². The van der Waals surface area contributed by atoms with Gasteiger partial charge in [-0.3, -0.25) is 0 Å². The van der Waals surface area contributed by atoms with Crippen molar-refractivity contribution in [2.75, 3.05) is 0 Å². The number of benzene rings is 1. The molecule has 0 heterocycles. The Morgan fingerprint density at radius 3 is 2.36 bits per heavy atom. The molecule has 0 atom stereocenters. The highest BCUT2D eigenvalue weighted by Crippen LogP contribution is 2.21. The van der Waals surface area contributed by atoms with Crippen molar-refractivity contribution < 1.29 is 0 Å². The van der Waals surface area contributed by atoms with Gasteiger partial charge in [0, 0.05) is 4.90 Å². The molecule has 0 amide bonds. The monoisotopic (exact) mass is 165 g/mol. The zero-order valence-electron chi connectivity index (χ0n) is 6.50. The van der Waals surface area contributed by atoms with Crippen molar-refractivity contribution >= 4 is 11.8 Å². The van der Waals surface area contributed by atoms with Crippen LogP contribution in [-0.2, 0) is 0 Å². The van der Waals surface area contributed by atoms with Crippen molar-refractivity contribution in [2.24, 2.45) is 5.73 Å². The van der Waals surface area contributed by atoms with E-state index in [0.717, 1.165) is 4.90 Å². The standard InChI is InChI=1S/C9H11NS/c1-7-3-5-9(6-4-7)11-8(2)10/h3-6H,2,10H2,1H3. The first-order valence-electron chi connectivity index (χ1n) is 3.37. The second-order valence-corrected chi connectivity index (χ2v) is 3.58. The van der Waals surface area contributed by atoms with Crippen LogP contribution in [0.15, 0.2) is 40.8 Å². The molecule has 0 aliphatic heterocycles. The number of thioether (sulfide) groups is 1. The highest BCUT2D eigenvalue weighted by Gasteiger charge is 1.92. The molecule has 0 unspecified atom stereocenters. The minimum absolute atomic E-state index is 0.633. The van der Waals surface area contributed by atoms with E-state index >= 15 is 0 Å². The van der Waals surface area contributed by atoms with Gasteiger partial charge >= 0.3 is 0 Å². The van der Waals surface area contributed by atoms with Crippen LogP contribution in [0, 0.1) is 6.92 Å². The van der Waals surface area contributed by atoms with Crippen molar-refractivity contribution in [3.8, 4) is 0 Å². The first-order valence-corrected chi connectivity index (χ1v) is 4.19. The van der Waals surface area contributed by atoms with Crippen LogP contribution in [0.5, 0.6) is 0 Å². The Hall–Kier alpha value is -0.890. The predicted octanol–water partition coefficient (Wildman–Crippen LogP) is 2.52. The number of rotatable bonds is 2. The van der Waals surface area contributed by atoms with E-state index < -0.39 is 0 Å². The lowest BCUT2D eigenvalue weighted by Gasteiger charge is -1.99. The maximum atomic E-state index is 5.43.